The Kier molecular flexibility index (Phi) is 5.59. The highest BCUT2D eigenvalue weighted by Crippen LogP contribution is 2.13. The second-order valence-corrected chi connectivity index (χ2v) is 6.51. The molecule has 0 spiro atoms. The van der Waals surface area contributed by atoms with Crippen LogP contribution < -0.4 is 0 Å². The molecule has 1 aromatic carbocycles. The summed E-state index contributed by atoms with van der Waals surface area (Å²) in [6.45, 7) is 4.85. The molecule has 0 aliphatic rings. The van der Waals surface area contributed by atoms with E-state index in [-0.39, 0.29) is 5.91 Å². The van der Waals surface area contributed by atoms with Crippen molar-refractivity contribution in [2.75, 3.05) is 6.54 Å². The molecule has 0 atom stereocenters. The SMILES string of the molecule is C=CCN(Cc1cccs1)C(=O)/C=C/c1cnn(-c2ccccc2)c1. The molecule has 3 aromatic rings. The van der Waals surface area contributed by atoms with E-state index < -0.39 is 0 Å². The van der Waals surface area contributed by atoms with E-state index in [9.17, 15) is 4.79 Å². The summed E-state index contributed by atoms with van der Waals surface area (Å²) in [6, 6.07) is 13.9. The molecule has 0 saturated heterocycles. The summed E-state index contributed by atoms with van der Waals surface area (Å²) in [5.74, 6) is -0.0410. The van der Waals surface area contributed by atoms with Gasteiger partial charge in [0.15, 0.2) is 0 Å². The summed E-state index contributed by atoms with van der Waals surface area (Å²) in [7, 11) is 0. The molecule has 126 valence electrons. The zero-order valence-electron chi connectivity index (χ0n) is 13.8. The van der Waals surface area contributed by atoms with Gasteiger partial charge in [0.25, 0.3) is 0 Å². The van der Waals surface area contributed by atoms with Crippen LogP contribution in [-0.4, -0.2) is 27.1 Å². The predicted octanol–water partition coefficient (Wildman–Crippen LogP) is 4.16. The van der Waals surface area contributed by atoms with Crippen LogP contribution in [0.2, 0.25) is 0 Å². The molecule has 0 fully saturated rings. The second kappa shape index (κ2) is 8.26. The molecule has 5 heteroatoms. The maximum Gasteiger partial charge on any atom is 0.247 e. The molecule has 0 saturated carbocycles. The van der Waals surface area contributed by atoms with Crippen molar-refractivity contribution in [2.45, 2.75) is 6.54 Å². The third-order valence-electron chi connectivity index (χ3n) is 3.63. The van der Waals surface area contributed by atoms with Gasteiger partial charge in [-0.2, -0.15) is 5.10 Å². The zero-order valence-corrected chi connectivity index (χ0v) is 14.6. The summed E-state index contributed by atoms with van der Waals surface area (Å²) < 4.78 is 1.79. The average molecular weight is 349 g/mol. The van der Waals surface area contributed by atoms with Gasteiger partial charge in [0.05, 0.1) is 18.4 Å². The lowest BCUT2D eigenvalue weighted by Gasteiger charge is -2.18. The van der Waals surface area contributed by atoms with Gasteiger partial charge in [-0.3, -0.25) is 4.79 Å². The molecule has 0 aliphatic carbocycles. The summed E-state index contributed by atoms with van der Waals surface area (Å²) >= 11 is 1.64. The minimum Gasteiger partial charge on any atom is -0.330 e. The molecule has 0 N–H and O–H groups in total. The van der Waals surface area contributed by atoms with Gasteiger partial charge in [-0.05, 0) is 29.7 Å². The number of hydrogen-bond acceptors (Lipinski definition) is 3. The number of rotatable bonds is 7. The highest BCUT2D eigenvalue weighted by Gasteiger charge is 2.10. The Bertz CT molecular complexity index is 850. The van der Waals surface area contributed by atoms with Gasteiger partial charge in [-0.25, -0.2) is 4.68 Å². The first-order valence-electron chi connectivity index (χ1n) is 7.96. The summed E-state index contributed by atoms with van der Waals surface area (Å²) in [4.78, 5) is 15.4. The number of carbonyl (C=O) groups excluding carboxylic acids is 1. The van der Waals surface area contributed by atoms with Gasteiger partial charge in [0.1, 0.15) is 0 Å². The quantitative estimate of drug-likeness (QED) is 0.474. The normalized spacial score (nSPS) is 10.9. The highest BCUT2D eigenvalue weighted by molar-refractivity contribution is 7.09. The second-order valence-electron chi connectivity index (χ2n) is 5.47. The van der Waals surface area contributed by atoms with E-state index in [1.807, 2.05) is 54.0 Å². The molecule has 0 bridgehead atoms. The Hall–Kier alpha value is -2.92. The molecule has 0 unspecified atom stereocenters. The fraction of sp³-hybridized carbons (Fsp3) is 0.100. The monoisotopic (exact) mass is 349 g/mol. The van der Waals surface area contributed by atoms with Crippen molar-refractivity contribution >= 4 is 23.3 Å². The van der Waals surface area contributed by atoms with Crippen molar-refractivity contribution in [1.82, 2.24) is 14.7 Å². The number of thiophene rings is 1. The highest BCUT2D eigenvalue weighted by atomic mass is 32.1. The minimum atomic E-state index is -0.0410. The number of amides is 1. The number of hydrogen-bond donors (Lipinski definition) is 0. The van der Waals surface area contributed by atoms with Crippen LogP contribution in [0.25, 0.3) is 11.8 Å². The topological polar surface area (TPSA) is 38.1 Å². The molecule has 2 aromatic heterocycles. The van der Waals surface area contributed by atoms with Crippen LogP contribution in [0.3, 0.4) is 0 Å². The molecule has 0 radical (unpaired) electrons. The predicted molar refractivity (Wildman–Crippen MR) is 103 cm³/mol. The first kappa shape index (κ1) is 16.9. The van der Waals surface area contributed by atoms with E-state index >= 15 is 0 Å². The van der Waals surface area contributed by atoms with Crippen LogP contribution in [0.4, 0.5) is 0 Å². The number of carbonyl (C=O) groups is 1. The summed E-state index contributed by atoms with van der Waals surface area (Å²) in [5, 5.41) is 6.35. The Morgan fingerprint density at radius 2 is 2.08 bits per heavy atom. The van der Waals surface area contributed by atoms with Crippen molar-refractivity contribution in [3.63, 3.8) is 0 Å². The first-order chi connectivity index (χ1) is 12.3. The Morgan fingerprint density at radius 3 is 2.80 bits per heavy atom. The lowest BCUT2D eigenvalue weighted by Crippen LogP contribution is -2.28. The smallest absolute Gasteiger partial charge is 0.247 e. The van der Waals surface area contributed by atoms with E-state index in [2.05, 4.69) is 11.7 Å². The molecule has 0 aliphatic heterocycles. The van der Waals surface area contributed by atoms with Crippen molar-refractivity contribution in [1.29, 1.82) is 0 Å². The number of nitrogens with zero attached hydrogens (tertiary/aromatic N) is 3. The number of aromatic nitrogens is 2. The number of para-hydroxylation sites is 1. The fourth-order valence-corrected chi connectivity index (χ4v) is 3.12. The van der Waals surface area contributed by atoms with Gasteiger partial charge in [0.2, 0.25) is 5.91 Å². The lowest BCUT2D eigenvalue weighted by atomic mass is 10.3. The summed E-state index contributed by atoms with van der Waals surface area (Å²) in [6.07, 6.45) is 8.76. The van der Waals surface area contributed by atoms with E-state index in [1.54, 1.807) is 45.3 Å². The average Bonchev–Trinajstić information content (AvgIpc) is 3.32. The molecular weight excluding hydrogens is 330 g/mol. The van der Waals surface area contributed by atoms with Gasteiger partial charge in [0, 0.05) is 29.3 Å². The Balaban J connectivity index is 1.68. The molecule has 3 rings (SSSR count). The van der Waals surface area contributed by atoms with Gasteiger partial charge in [-0.1, -0.05) is 30.3 Å². The van der Waals surface area contributed by atoms with Crippen LogP contribution in [0.5, 0.6) is 0 Å². The number of benzene rings is 1. The molecule has 1 amide bonds. The van der Waals surface area contributed by atoms with Crippen molar-refractivity contribution in [3.8, 4) is 5.69 Å². The minimum absolute atomic E-state index is 0.0410. The first-order valence-corrected chi connectivity index (χ1v) is 8.84. The largest absolute Gasteiger partial charge is 0.330 e. The van der Waals surface area contributed by atoms with Crippen LogP contribution in [0.15, 0.2) is 79.0 Å². The van der Waals surface area contributed by atoms with Gasteiger partial charge >= 0.3 is 0 Å². The van der Waals surface area contributed by atoms with E-state index in [0.717, 1.165) is 16.1 Å². The van der Waals surface area contributed by atoms with Crippen LogP contribution in [-0.2, 0) is 11.3 Å². The molecular formula is C20H19N3OS. The maximum atomic E-state index is 12.5. The van der Waals surface area contributed by atoms with Crippen molar-refractivity contribution in [3.05, 3.63) is 89.4 Å². The van der Waals surface area contributed by atoms with Crippen LogP contribution in [0, 0.1) is 0 Å². The third-order valence-corrected chi connectivity index (χ3v) is 4.49. The lowest BCUT2D eigenvalue weighted by molar-refractivity contribution is -0.126. The Labute approximate surface area is 151 Å². The van der Waals surface area contributed by atoms with Gasteiger partial charge in [-0.15, -0.1) is 17.9 Å². The molecule has 4 nitrogen and oxygen atoms in total. The van der Waals surface area contributed by atoms with Crippen LogP contribution >= 0.6 is 11.3 Å². The maximum absolute atomic E-state index is 12.5. The van der Waals surface area contributed by atoms with E-state index in [4.69, 9.17) is 0 Å². The molecule has 2 heterocycles. The zero-order chi connectivity index (χ0) is 17.5. The standard InChI is InChI=1S/C20H19N3OS/c1-2-12-22(16-19-9-6-13-25-19)20(24)11-10-17-14-21-23(15-17)18-7-4-3-5-8-18/h2-11,13-15H,1,12,16H2/b11-10+. The van der Waals surface area contributed by atoms with Crippen LogP contribution in [0.1, 0.15) is 10.4 Å². The third kappa shape index (κ3) is 4.55. The van der Waals surface area contributed by atoms with Gasteiger partial charge < -0.3 is 4.90 Å². The summed E-state index contributed by atoms with van der Waals surface area (Å²) in [5.41, 5.74) is 1.87. The van der Waals surface area contributed by atoms with E-state index in [0.29, 0.717) is 13.1 Å². The van der Waals surface area contributed by atoms with Crippen molar-refractivity contribution < 1.29 is 4.79 Å². The Morgan fingerprint density at radius 1 is 1.24 bits per heavy atom. The van der Waals surface area contributed by atoms with Crippen molar-refractivity contribution in [2.24, 2.45) is 0 Å². The van der Waals surface area contributed by atoms with E-state index in [1.165, 1.54) is 0 Å². The molecule has 25 heavy (non-hydrogen) atoms. The fourth-order valence-electron chi connectivity index (χ4n) is 2.40.